The van der Waals surface area contributed by atoms with Crippen LogP contribution in [0.1, 0.15) is 19.8 Å². The molecule has 15 heavy (non-hydrogen) atoms. The van der Waals surface area contributed by atoms with Crippen molar-refractivity contribution >= 4 is 7.28 Å². The molecule has 0 aromatic carbocycles. The van der Waals surface area contributed by atoms with Crippen molar-refractivity contribution < 1.29 is 4.57 Å². The summed E-state index contributed by atoms with van der Waals surface area (Å²) in [7, 11) is 2.91. The highest BCUT2D eigenvalue weighted by Gasteiger charge is 1.96. The van der Waals surface area contributed by atoms with Gasteiger partial charge in [-0.1, -0.05) is 20.6 Å². The SMILES string of the molecule is CCCCn1cc[n+](C)c1.N#C[B-]C#N. The zero-order valence-electron chi connectivity index (χ0n) is 9.22. The fourth-order valence-electron chi connectivity index (χ4n) is 1.00. The third-order valence-corrected chi connectivity index (χ3v) is 1.72. The molecule has 2 radical (unpaired) electrons. The predicted molar refractivity (Wildman–Crippen MR) is 57.5 cm³/mol. The van der Waals surface area contributed by atoms with E-state index >= 15 is 0 Å². The maximum Gasteiger partial charge on any atom is 0.243 e. The Balaban J connectivity index is 0.000000336. The van der Waals surface area contributed by atoms with Gasteiger partial charge in [-0.3, -0.25) is 10.5 Å². The molecule has 0 N–H and O–H groups in total. The van der Waals surface area contributed by atoms with Gasteiger partial charge in [-0.05, 0) is 6.42 Å². The van der Waals surface area contributed by atoms with Crippen molar-refractivity contribution in [1.82, 2.24) is 4.57 Å². The van der Waals surface area contributed by atoms with Gasteiger partial charge < -0.3 is 0 Å². The number of aromatic nitrogens is 2. The van der Waals surface area contributed by atoms with Crippen LogP contribution in [-0.4, -0.2) is 11.8 Å². The molecule has 0 spiro atoms. The molecular weight excluding hydrogens is 187 g/mol. The average molecular weight is 202 g/mol. The van der Waals surface area contributed by atoms with Crippen LogP contribution < -0.4 is 4.57 Å². The minimum absolute atomic E-state index is 0.861. The van der Waals surface area contributed by atoms with Gasteiger partial charge in [0.2, 0.25) is 6.33 Å². The monoisotopic (exact) mass is 202 g/mol. The predicted octanol–water partition coefficient (Wildman–Crippen LogP) is 0.765. The summed E-state index contributed by atoms with van der Waals surface area (Å²) in [4.78, 5) is 0. The van der Waals surface area contributed by atoms with Gasteiger partial charge in [0.1, 0.15) is 12.4 Å². The van der Waals surface area contributed by atoms with Crippen LogP contribution in [0.25, 0.3) is 0 Å². The first-order valence-corrected chi connectivity index (χ1v) is 4.86. The van der Waals surface area contributed by atoms with Gasteiger partial charge >= 0.3 is 0 Å². The average Bonchev–Trinajstić information content (AvgIpc) is 2.63. The molecule has 1 aromatic heterocycles. The molecule has 1 heterocycles. The van der Waals surface area contributed by atoms with E-state index in [0.717, 1.165) is 13.8 Å². The van der Waals surface area contributed by atoms with E-state index in [9.17, 15) is 0 Å². The van der Waals surface area contributed by atoms with Crippen molar-refractivity contribution in [3.05, 3.63) is 18.7 Å². The minimum Gasteiger partial charge on any atom is -0.255 e. The van der Waals surface area contributed by atoms with Gasteiger partial charge in [-0.25, -0.2) is 21.1 Å². The lowest BCUT2D eigenvalue weighted by Crippen LogP contribution is -2.23. The minimum atomic E-state index is 0.861. The molecule has 0 unspecified atom stereocenters. The Morgan fingerprint density at radius 3 is 2.40 bits per heavy atom. The van der Waals surface area contributed by atoms with E-state index in [0.29, 0.717) is 0 Å². The van der Waals surface area contributed by atoms with Gasteiger partial charge in [0, 0.05) is 0 Å². The van der Waals surface area contributed by atoms with Crippen molar-refractivity contribution in [2.24, 2.45) is 7.05 Å². The molecule has 0 amide bonds. The molecule has 0 bridgehead atoms. The van der Waals surface area contributed by atoms with Crippen LogP contribution in [-0.2, 0) is 13.6 Å². The van der Waals surface area contributed by atoms with Crippen LogP contribution in [0, 0.1) is 22.5 Å². The largest absolute Gasteiger partial charge is 0.255 e. The Labute approximate surface area is 91.6 Å². The standard InChI is InChI=1S/C8H15N2.C2BN2/c1-3-4-5-10-7-6-9(2)8-10;4-1-3-2-5/h6-8H,3-5H2,1-2H3;/q+1;-1. The Morgan fingerprint density at radius 2 is 2.07 bits per heavy atom. The molecule has 5 heteroatoms. The van der Waals surface area contributed by atoms with Crippen molar-refractivity contribution in [3.8, 4) is 11.9 Å². The zero-order chi connectivity index (χ0) is 11.5. The van der Waals surface area contributed by atoms with Crippen LogP contribution in [0.4, 0.5) is 0 Å². The van der Waals surface area contributed by atoms with Crippen LogP contribution in [0.2, 0.25) is 0 Å². The highest BCUT2D eigenvalue weighted by molar-refractivity contribution is 6.53. The number of imidazole rings is 1. The van der Waals surface area contributed by atoms with E-state index in [1.807, 2.05) is 7.05 Å². The lowest BCUT2D eigenvalue weighted by Gasteiger charge is -1.90. The molecule has 0 saturated heterocycles. The Morgan fingerprint density at radius 1 is 1.40 bits per heavy atom. The summed E-state index contributed by atoms with van der Waals surface area (Å²) in [6.07, 6.45) is 8.82. The van der Waals surface area contributed by atoms with Gasteiger partial charge in [0.15, 0.2) is 0 Å². The molecule has 0 aliphatic rings. The summed E-state index contributed by atoms with van der Waals surface area (Å²) in [5, 5.41) is 15.1. The lowest BCUT2D eigenvalue weighted by molar-refractivity contribution is -0.671. The molecule has 78 valence electrons. The molecule has 0 aliphatic carbocycles. The van der Waals surface area contributed by atoms with E-state index in [1.54, 1.807) is 0 Å². The third-order valence-electron chi connectivity index (χ3n) is 1.72. The number of nitrogens with zero attached hydrogens (tertiary/aromatic N) is 4. The fourth-order valence-corrected chi connectivity index (χ4v) is 1.00. The number of aryl methyl sites for hydroxylation is 2. The second-order valence-corrected chi connectivity index (χ2v) is 3.07. The Bertz CT molecular complexity index is 333. The summed E-state index contributed by atoms with van der Waals surface area (Å²) in [5.41, 5.74) is 0. The molecule has 1 rings (SSSR count). The van der Waals surface area contributed by atoms with Crippen LogP contribution in [0.5, 0.6) is 0 Å². The maximum atomic E-state index is 7.54. The molecule has 1 aromatic rings. The number of hydrogen-bond acceptors (Lipinski definition) is 2. The molecule has 0 saturated carbocycles. The number of unbranched alkanes of at least 4 members (excludes halogenated alkanes) is 1. The Hall–Kier alpha value is -1.75. The highest BCUT2D eigenvalue weighted by atomic mass is 15.1. The first kappa shape index (κ1) is 13.3. The molecule has 0 aliphatic heterocycles. The van der Waals surface area contributed by atoms with Crippen molar-refractivity contribution in [3.63, 3.8) is 0 Å². The van der Waals surface area contributed by atoms with E-state index < -0.39 is 0 Å². The van der Waals surface area contributed by atoms with Gasteiger partial charge in [-0.2, -0.15) is 0 Å². The zero-order valence-corrected chi connectivity index (χ0v) is 9.22. The third kappa shape index (κ3) is 7.34. The normalized spacial score (nSPS) is 8.27. The smallest absolute Gasteiger partial charge is 0.243 e. The van der Waals surface area contributed by atoms with Gasteiger partial charge in [0.05, 0.1) is 13.6 Å². The summed E-state index contributed by atoms with van der Waals surface area (Å²) in [6.45, 7) is 3.36. The first-order valence-electron chi connectivity index (χ1n) is 4.86. The van der Waals surface area contributed by atoms with E-state index in [2.05, 4.69) is 34.8 Å². The van der Waals surface area contributed by atoms with Gasteiger partial charge in [0.25, 0.3) is 0 Å². The molecule has 0 atom stereocenters. The van der Waals surface area contributed by atoms with Crippen molar-refractivity contribution in [2.75, 3.05) is 0 Å². The first-order chi connectivity index (χ1) is 7.24. The quantitative estimate of drug-likeness (QED) is 0.536. The highest BCUT2D eigenvalue weighted by Crippen LogP contribution is 1.91. The summed E-state index contributed by atoms with van der Waals surface area (Å²) >= 11 is 0. The fraction of sp³-hybridized carbons (Fsp3) is 0.500. The molecular formula is C10H15BN4. The topological polar surface area (TPSA) is 56.4 Å². The second kappa shape index (κ2) is 8.84. The van der Waals surface area contributed by atoms with Crippen molar-refractivity contribution in [1.29, 1.82) is 10.5 Å². The summed E-state index contributed by atoms with van der Waals surface area (Å²) < 4.78 is 4.28. The Kier molecular flexibility index (Phi) is 7.81. The van der Waals surface area contributed by atoms with E-state index in [1.165, 1.54) is 24.8 Å². The number of hydrogen-bond donors (Lipinski definition) is 0. The summed E-state index contributed by atoms with van der Waals surface area (Å²) in [6, 6.07) is 0. The number of nitriles is 2. The van der Waals surface area contributed by atoms with E-state index in [4.69, 9.17) is 10.5 Å². The molecule has 0 fully saturated rings. The van der Waals surface area contributed by atoms with Crippen LogP contribution in [0.15, 0.2) is 18.7 Å². The summed E-state index contributed by atoms with van der Waals surface area (Å²) in [5.74, 6) is 3.06. The van der Waals surface area contributed by atoms with Crippen LogP contribution >= 0.6 is 0 Å². The van der Waals surface area contributed by atoms with Crippen LogP contribution in [0.3, 0.4) is 0 Å². The van der Waals surface area contributed by atoms with E-state index in [-0.39, 0.29) is 0 Å². The maximum absolute atomic E-state index is 7.54. The second-order valence-electron chi connectivity index (χ2n) is 3.07. The van der Waals surface area contributed by atoms with Crippen molar-refractivity contribution in [2.45, 2.75) is 26.3 Å². The number of rotatable bonds is 3. The lowest BCUT2D eigenvalue weighted by atomic mass is 9.85. The molecule has 4 nitrogen and oxygen atoms in total. The van der Waals surface area contributed by atoms with Gasteiger partial charge in [-0.15, -0.1) is 0 Å².